The van der Waals surface area contributed by atoms with Gasteiger partial charge >= 0.3 is 0 Å². The highest BCUT2D eigenvalue weighted by Gasteiger charge is 2.36. The lowest BCUT2D eigenvalue weighted by atomic mass is 10.1. The average molecular weight is 305 g/mol. The van der Waals surface area contributed by atoms with Crippen LogP contribution in [0.1, 0.15) is 46.1 Å². The second-order valence-electron chi connectivity index (χ2n) is 7.45. The van der Waals surface area contributed by atoms with Gasteiger partial charge in [-0.3, -0.25) is 0 Å². The summed E-state index contributed by atoms with van der Waals surface area (Å²) < 4.78 is 6.22. The molecule has 1 aromatic carbocycles. The van der Waals surface area contributed by atoms with E-state index in [0.717, 1.165) is 25.9 Å². The summed E-state index contributed by atoms with van der Waals surface area (Å²) >= 11 is 0. The number of hydrogen-bond donors (Lipinski definition) is 0. The molecule has 21 heavy (non-hydrogen) atoms. The molecule has 0 atom stereocenters. The highest BCUT2D eigenvalue weighted by molar-refractivity contribution is 6.74. The van der Waals surface area contributed by atoms with Gasteiger partial charge in [0.2, 0.25) is 0 Å². The largest absolute Gasteiger partial charge is 0.417 e. The minimum Gasteiger partial charge on any atom is -0.417 e. The molecule has 0 bridgehead atoms. The van der Waals surface area contributed by atoms with Crippen molar-refractivity contribution in [3.8, 4) is 0 Å². The molecule has 0 aliphatic carbocycles. The zero-order chi connectivity index (χ0) is 15.9. The summed E-state index contributed by atoms with van der Waals surface area (Å²) in [6.07, 6.45) is 5.66. The summed E-state index contributed by atoms with van der Waals surface area (Å²) in [5.41, 5.74) is 2.85. The normalized spacial score (nSPS) is 13.5. The molecule has 0 saturated carbocycles. The molecule has 1 aromatic rings. The molecule has 0 unspecified atom stereocenters. The third-order valence-electron chi connectivity index (χ3n) is 4.51. The molecular weight excluding hydrogens is 272 g/mol. The van der Waals surface area contributed by atoms with Crippen LogP contribution < -0.4 is 0 Å². The van der Waals surface area contributed by atoms with Crippen LogP contribution in [0.5, 0.6) is 0 Å². The third kappa shape index (κ3) is 6.62. The first-order valence-electron chi connectivity index (χ1n) is 8.06. The van der Waals surface area contributed by atoms with Crippen LogP contribution in [-0.2, 0) is 10.8 Å². The van der Waals surface area contributed by atoms with Crippen LogP contribution in [0.4, 0.5) is 0 Å². The first-order valence-corrected chi connectivity index (χ1v) is 11.0. The molecule has 0 fully saturated rings. The summed E-state index contributed by atoms with van der Waals surface area (Å²) in [5, 5.41) is 0.311. The van der Waals surface area contributed by atoms with Crippen LogP contribution >= 0.6 is 0 Å². The van der Waals surface area contributed by atoms with Gasteiger partial charge in [-0.25, -0.2) is 0 Å². The van der Waals surface area contributed by atoms with E-state index in [2.05, 4.69) is 77.2 Å². The van der Waals surface area contributed by atoms with E-state index in [9.17, 15) is 0 Å². The van der Waals surface area contributed by atoms with Gasteiger partial charge in [-0.1, -0.05) is 62.8 Å². The fraction of sp³-hybridized carbons (Fsp3) is 0.579. The Labute approximate surface area is 132 Å². The predicted molar refractivity (Wildman–Crippen MR) is 96.3 cm³/mol. The summed E-state index contributed by atoms with van der Waals surface area (Å²) in [4.78, 5) is 0. The average Bonchev–Trinajstić information content (AvgIpc) is 2.41. The molecule has 0 saturated heterocycles. The van der Waals surface area contributed by atoms with Gasteiger partial charge < -0.3 is 4.43 Å². The van der Waals surface area contributed by atoms with E-state index in [1.165, 1.54) is 11.1 Å². The van der Waals surface area contributed by atoms with Crippen molar-refractivity contribution in [3.63, 3.8) is 0 Å². The van der Waals surface area contributed by atoms with E-state index in [4.69, 9.17) is 4.43 Å². The predicted octanol–water partition coefficient (Wildman–Crippen LogP) is 5.98. The molecule has 0 N–H and O–H groups in total. The Morgan fingerprint density at radius 2 is 1.76 bits per heavy atom. The van der Waals surface area contributed by atoms with Crippen molar-refractivity contribution in [1.82, 2.24) is 0 Å². The Balaban J connectivity index is 2.29. The molecular formula is C19H32OSi. The maximum absolute atomic E-state index is 6.22. The minimum absolute atomic E-state index is 0.311. The molecule has 0 aliphatic heterocycles. The van der Waals surface area contributed by atoms with Gasteiger partial charge in [0.25, 0.3) is 0 Å². The Morgan fingerprint density at radius 1 is 1.14 bits per heavy atom. The summed E-state index contributed by atoms with van der Waals surface area (Å²) in [5.74, 6) is 0. The molecule has 0 spiro atoms. The lowest BCUT2D eigenvalue weighted by Crippen LogP contribution is -2.40. The molecule has 1 rings (SSSR count). The molecule has 2 heteroatoms. The van der Waals surface area contributed by atoms with Crippen molar-refractivity contribution in [2.75, 3.05) is 6.61 Å². The Kier molecular flexibility index (Phi) is 6.89. The van der Waals surface area contributed by atoms with E-state index >= 15 is 0 Å². The van der Waals surface area contributed by atoms with Gasteiger partial charge in [0, 0.05) is 6.61 Å². The maximum atomic E-state index is 6.22. The number of hydrogen-bond acceptors (Lipinski definition) is 1. The van der Waals surface area contributed by atoms with E-state index in [0.29, 0.717) is 5.04 Å². The van der Waals surface area contributed by atoms with Crippen molar-refractivity contribution in [1.29, 1.82) is 0 Å². The van der Waals surface area contributed by atoms with Gasteiger partial charge in [0.05, 0.1) is 0 Å². The van der Waals surface area contributed by atoms with Crippen molar-refractivity contribution >= 4 is 8.32 Å². The van der Waals surface area contributed by atoms with Crippen molar-refractivity contribution < 1.29 is 4.43 Å². The molecule has 0 radical (unpaired) electrons. The van der Waals surface area contributed by atoms with Crippen LogP contribution in [0.3, 0.4) is 0 Å². The van der Waals surface area contributed by atoms with Crippen molar-refractivity contribution in [3.05, 3.63) is 47.5 Å². The second-order valence-corrected chi connectivity index (χ2v) is 12.3. The minimum atomic E-state index is -1.57. The Bertz CT molecular complexity index is 440. The third-order valence-corrected chi connectivity index (χ3v) is 9.05. The van der Waals surface area contributed by atoms with Crippen LogP contribution in [0.2, 0.25) is 18.1 Å². The standard InChI is InChI=1S/C19H32OSi/c1-17(14-15-18-12-8-7-9-13-18)11-10-16-20-21(5,6)19(2,3)4/h7-9,12-14H,10-11,15-16H2,1-6H3/b17-14+. The van der Waals surface area contributed by atoms with E-state index in [-0.39, 0.29) is 0 Å². The lowest BCUT2D eigenvalue weighted by molar-refractivity contribution is 0.282. The highest BCUT2D eigenvalue weighted by Crippen LogP contribution is 2.36. The smallest absolute Gasteiger partial charge is 0.191 e. The van der Waals surface area contributed by atoms with Gasteiger partial charge in [0.1, 0.15) is 0 Å². The van der Waals surface area contributed by atoms with Crippen LogP contribution in [-0.4, -0.2) is 14.9 Å². The zero-order valence-corrected chi connectivity index (χ0v) is 15.7. The molecule has 1 nitrogen and oxygen atoms in total. The van der Waals surface area contributed by atoms with Gasteiger partial charge in [-0.15, -0.1) is 0 Å². The number of benzene rings is 1. The van der Waals surface area contributed by atoms with E-state index in [1.54, 1.807) is 0 Å². The first kappa shape index (κ1) is 18.2. The molecule has 118 valence electrons. The number of rotatable bonds is 7. The quantitative estimate of drug-likeness (QED) is 0.342. The molecule has 0 aromatic heterocycles. The monoisotopic (exact) mass is 304 g/mol. The summed E-state index contributed by atoms with van der Waals surface area (Å²) in [6.45, 7) is 14.7. The van der Waals surface area contributed by atoms with Gasteiger partial charge in [0.15, 0.2) is 8.32 Å². The van der Waals surface area contributed by atoms with Crippen LogP contribution in [0, 0.1) is 0 Å². The first-order chi connectivity index (χ1) is 9.72. The van der Waals surface area contributed by atoms with Gasteiger partial charge in [-0.05, 0) is 49.9 Å². The van der Waals surface area contributed by atoms with E-state index < -0.39 is 8.32 Å². The Morgan fingerprint density at radius 3 is 2.33 bits per heavy atom. The SMILES string of the molecule is C/C(=C\Cc1ccccc1)CCCO[Si](C)(C)C(C)(C)C. The highest BCUT2D eigenvalue weighted by atomic mass is 28.4. The van der Waals surface area contributed by atoms with Crippen LogP contribution in [0.25, 0.3) is 0 Å². The summed E-state index contributed by atoms with van der Waals surface area (Å²) in [6, 6.07) is 10.6. The lowest BCUT2D eigenvalue weighted by Gasteiger charge is -2.36. The molecule has 0 aliphatic rings. The molecule has 0 heterocycles. The van der Waals surface area contributed by atoms with E-state index in [1.807, 2.05) is 0 Å². The summed E-state index contributed by atoms with van der Waals surface area (Å²) in [7, 11) is -1.57. The fourth-order valence-corrected chi connectivity index (χ4v) is 2.99. The van der Waals surface area contributed by atoms with Crippen molar-refractivity contribution in [2.45, 2.75) is 65.1 Å². The van der Waals surface area contributed by atoms with Gasteiger partial charge in [-0.2, -0.15) is 0 Å². The van der Waals surface area contributed by atoms with Crippen LogP contribution in [0.15, 0.2) is 42.0 Å². The topological polar surface area (TPSA) is 9.23 Å². The number of allylic oxidation sites excluding steroid dienone is 2. The fourth-order valence-electron chi connectivity index (χ4n) is 1.90. The second kappa shape index (κ2) is 7.95. The maximum Gasteiger partial charge on any atom is 0.191 e. The molecule has 0 amide bonds. The van der Waals surface area contributed by atoms with Crippen molar-refractivity contribution in [2.24, 2.45) is 0 Å². The zero-order valence-electron chi connectivity index (χ0n) is 14.7. The Hall–Kier alpha value is -0.863.